The topological polar surface area (TPSA) is 95.4 Å². The van der Waals surface area contributed by atoms with Gasteiger partial charge in [0, 0.05) is 10.3 Å². The van der Waals surface area contributed by atoms with Crippen molar-refractivity contribution in [3.05, 3.63) is 29.3 Å². The standard InChI is InChI=1S/C9H14N2O3S/c1-6-3-4-7(9(12)14-2)8(5-6)15(10,11)13/h3-5,15H,1-2H3,(H4,10,11,13). The number of ether oxygens (including phenoxy) is 1. The number of rotatable bonds is 2. The number of nitrogens with two attached hydrogens (primary N) is 2. The maximum Gasteiger partial charge on any atom is 0.339 e. The second-order valence-electron chi connectivity index (χ2n) is 3.22. The normalized spacial score (nSPS) is 12.3. The molecule has 0 aliphatic heterocycles. The Morgan fingerprint density at radius 2 is 2.00 bits per heavy atom. The van der Waals surface area contributed by atoms with Crippen LogP contribution in [0.3, 0.4) is 0 Å². The Kier molecular flexibility index (Phi) is 3.23. The maximum atomic E-state index is 11.6. The van der Waals surface area contributed by atoms with Crippen LogP contribution in [0.5, 0.6) is 0 Å². The van der Waals surface area contributed by atoms with Gasteiger partial charge < -0.3 is 4.74 Å². The molecule has 0 aliphatic rings. The first-order chi connectivity index (χ1) is 6.86. The van der Waals surface area contributed by atoms with Crippen molar-refractivity contribution in [3.8, 4) is 0 Å². The first kappa shape index (κ1) is 11.8. The van der Waals surface area contributed by atoms with E-state index in [1.807, 2.05) is 0 Å². The Morgan fingerprint density at radius 1 is 1.40 bits per heavy atom. The van der Waals surface area contributed by atoms with E-state index in [1.165, 1.54) is 19.2 Å². The summed E-state index contributed by atoms with van der Waals surface area (Å²) in [6.07, 6.45) is 0. The van der Waals surface area contributed by atoms with Crippen molar-refractivity contribution >= 4 is 16.3 Å². The van der Waals surface area contributed by atoms with E-state index in [-0.39, 0.29) is 10.5 Å². The lowest BCUT2D eigenvalue weighted by atomic mass is 10.1. The first-order valence-electron chi connectivity index (χ1n) is 4.23. The quantitative estimate of drug-likeness (QED) is 0.489. The molecular formula is C9H14N2O3S. The third-order valence-corrected chi connectivity index (χ3v) is 3.06. The van der Waals surface area contributed by atoms with Crippen LogP contribution in [-0.4, -0.2) is 17.3 Å². The van der Waals surface area contributed by atoms with Crippen molar-refractivity contribution in [1.29, 1.82) is 0 Å². The van der Waals surface area contributed by atoms with E-state index in [9.17, 15) is 9.00 Å². The van der Waals surface area contributed by atoms with Gasteiger partial charge >= 0.3 is 5.97 Å². The zero-order valence-electron chi connectivity index (χ0n) is 8.56. The lowest BCUT2D eigenvalue weighted by Crippen LogP contribution is -2.34. The molecule has 84 valence electrons. The van der Waals surface area contributed by atoms with Gasteiger partial charge in [0.1, 0.15) is 0 Å². The molecule has 1 rings (SSSR count). The molecule has 0 saturated heterocycles. The van der Waals surface area contributed by atoms with E-state index >= 15 is 0 Å². The lowest BCUT2D eigenvalue weighted by Gasteiger charge is -2.16. The fraction of sp³-hybridized carbons (Fsp3) is 0.222. The summed E-state index contributed by atoms with van der Waals surface area (Å²) in [7, 11) is -2.21. The number of esters is 1. The minimum Gasteiger partial charge on any atom is -0.465 e. The molecule has 0 atom stereocenters. The summed E-state index contributed by atoms with van der Waals surface area (Å²) in [5.41, 5.74) is 0.977. The summed E-state index contributed by atoms with van der Waals surface area (Å²) >= 11 is 0. The van der Waals surface area contributed by atoms with Gasteiger partial charge in [-0.15, -0.1) is 0 Å². The molecular weight excluding hydrogens is 216 g/mol. The van der Waals surface area contributed by atoms with E-state index in [2.05, 4.69) is 4.74 Å². The molecule has 1 aromatic carbocycles. The smallest absolute Gasteiger partial charge is 0.339 e. The van der Waals surface area contributed by atoms with Crippen molar-refractivity contribution in [2.75, 3.05) is 7.11 Å². The summed E-state index contributed by atoms with van der Waals surface area (Å²) in [6.45, 7) is 1.79. The van der Waals surface area contributed by atoms with Crippen LogP contribution in [0.4, 0.5) is 0 Å². The van der Waals surface area contributed by atoms with Crippen LogP contribution in [0.2, 0.25) is 0 Å². The predicted molar refractivity (Wildman–Crippen MR) is 58.7 cm³/mol. The average molecular weight is 230 g/mol. The van der Waals surface area contributed by atoms with Gasteiger partial charge in [0.05, 0.1) is 17.6 Å². The first-order valence-corrected chi connectivity index (χ1v) is 6.07. The summed E-state index contributed by atoms with van der Waals surface area (Å²) in [6, 6.07) is 4.74. The number of benzene rings is 1. The van der Waals surface area contributed by atoms with Crippen LogP contribution < -0.4 is 10.3 Å². The predicted octanol–water partition coefficient (Wildman–Crippen LogP) is -0.0954. The molecule has 0 unspecified atom stereocenters. The number of thiol groups is 1. The third kappa shape index (κ3) is 2.62. The van der Waals surface area contributed by atoms with Crippen LogP contribution in [0.1, 0.15) is 15.9 Å². The van der Waals surface area contributed by atoms with Gasteiger partial charge in [0.2, 0.25) is 0 Å². The van der Waals surface area contributed by atoms with E-state index < -0.39 is 16.3 Å². The van der Waals surface area contributed by atoms with Crippen molar-refractivity contribution < 1.29 is 13.7 Å². The Balaban J connectivity index is 3.40. The summed E-state index contributed by atoms with van der Waals surface area (Å²) in [4.78, 5) is 11.5. The number of carbonyl (C=O) groups is 1. The van der Waals surface area contributed by atoms with Crippen LogP contribution in [0, 0.1) is 6.92 Å². The molecule has 0 saturated carbocycles. The van der Waals surface area contributed by atoms with Gasteiger partial charge in [-0.25, -0.2) is 4.79 Å². The molecule has 5 nitrogen and oxygen atoms in total. The van der Waals surface area contributed by atoms with E-state index in [0.29, 0.717) is 0 Å². The van der Waals surface area contributed by atoms with Crippen molar-refractivity contribution in [3.63, 3.8) is 0 Å². The van der Waals surface area contributed by atoms with Gasteiger partial charge in [0.25, 0.3) is 0 Å². The fourth-order valence-electron chi connectivity index (χ4n) is 1.21. The largest absolute Gasteiger partial charge is 0.465 e. The minimum absolute atomic E-state index is 0.148. The molecule has 0 aliphatic carbocycles. The molecule has 1 aromatic rings. The van der Waals surface area contributed by atoms with Crippen molar-refractivity contribution in [2.45, 2.75) is 11.8 Å². The molecule has 15 heavy (non-hydrogen) atoms. The molecule has 0 aromatic heterocycles. The molecule has 0 bridgehead atoms. The Morgan fingerprint density at radius 3 is 2.47 bits per heavy atom. The number of aryl methyl sites for hydroxylation is 1. The second-order valence-corrected chi connectivity index (χ2v) is 5.12. The highest BCUT2D eigenvalue weighted by Crippen LogP contribution is 2.18. The number of hydrogen-bond donors (Lipinski definition) is 3. The maximum absolute atomic E-state index is 11.6. The van der Waals surface area contributed by atoms with Crippen LogP contribution in [0.25, 0.3) is 0 Å². The fourth-order valence-corrected chi connectivity index (χ4v) is 2.16. The lowest BCUT2D eigenvalue weighted by molar-refractivity contribution is 0.0596. The third-order valence-electron chi connectivity index (χ3n) is 1.94. The minimum atomic E-state index is -3.45. The summed E-state index contributed by atoms with van der Waals surface area (Å²) in [5.74, 6) is -0.596. The van der Waals surface area contributed by atoms with E-state index in [1.54, 1.807) is 13.0 Å². The average Bonchev–Trinajstić information content (AvgIpc) is 2.15. The summed E-state index contributed by atoms with van der Waals surface area (Å²) in [5, 5.41) is 10.7. The van der Waals surface area contributed by atoms with Gasteiger partial charge in [-0.1, -0.05) is 6.07 Å². The Labute approximate surface area is 89.1 Å². The van der Waals surface area contributed by atoms with Gasteiger partial charge in [0.15, 0.2) is 0 Å². The monoisotopic (exact) mass is 230 g/mol. The van der Waals surface area contributed by atoms with Gasteiger partial charge in [-0.05, 0) is 24.6 Å². The highest BCUT2D eigenvalue weighted by Gasteiger charge is 2.17. The highest BCUT2D eigenvalue weighted by atomic mass is 32.3. The van der Waals surface area contributed by atoms with Crippen LogP contribution in [-0.2, 0) is 15.0 Å². The van der Waals surface area contributed by atoms with Gasteiger partial charge in [-0.3, -0.25) is 14.5 Å². The van der Waals surface area contributed by atoms with E-state index in [4.69, 9.17) is 10.3 Å². The highest BCUT2D eigenvalue weighted by molar-refractivity contribution is 7.98. The molecule has 6 heteroatoms. The van der Waals surface area contributed by atoms with E-state index in [0.717, 1.165) is 5.56 Å². The van der Waals surface area contributed by atoms with Crippen LogP contribution in [0.15, 0.2) is 23.1 Å². The zero-order chi connectivity index (χ0) is 11.6. The SMILES string of the molecule is COC(=O)c1ccc(C)cc1[SH](N)(N)=O. The van der Waals surface area contributed by atoms with Crippen molar-refractivity contribution in [2.24, 2.45) is 10.3 Å². The number of carbonyl (C=O) groups excluding carboxylic acids is 1. The Hall–Kier alpha value is -1.24. The summed E-state index contributed by atoms with van der Waals surface area (Å²) < 4.78 is 16.1. The van der Waals surface area contributed by atoms with Crippen LogP contribution >= 0.6 is 0 Å². The molecule has 0 amide bonds. The van der Waals surface area contributed by atoms with Crippen molar-refractivity contribution in [1.82, 2.24) is 0 Å². The zero-order valence-corrected chi connectivity index (χ0v) is 9.45. The molecule has 0 spiro atoms. The van der Waals surface area contributed by atoms with Gasteiger partial charge in [-0.2, -0.15) is 0 Å². The number of hydrogen-bond acceptors (Lipinski definition) is 3. The second kappa shape index (κ2) is 4.09. The Bertz CT molecular complexity index is 439. The molecule has 0 radical (unpaired) electrons. The molecule has 4 N–H and O–H groups in total. The molecule has 0 heterocycles. The number of methoxy groups -OCH3 is 1. The molecule has 0 fully saturated rings.